The first kappa shape index (κ1) is 7.79. The zero-order valence-electron chi connectivity index (χ0n) is 6.65. The lowest BCUT2D eigenvalue weighted by Gasteiger charge is -2.01. The molecule has 0 N–H and O–H groups in total. The van der Waals surface area contributed by atoms with Crippen LogP contribution in [-0.4, -0.2) is 18.7 Å². The van der Waals surface area contributed by atoms with Crippen LogP contribution < -0.4 is 0 Å². The Kier molecular flexibility index (Phi) is 1.73. The number of ether oxygens (including phenoxy) is 2. The van der Waals surface area contributed by atoms with Gasteiger partial charge in [0.2, 0.25) is 6.79 Å². The van der Waals surface area contributed by atoms with E-state index in [9.17, 15) is 9.59 Å². The largest absolute Gasteiger partial charge is 0.424 e. The second kappa shape index (κ2) is 2.90. The third-order valence-electron chi connectivity index (χ3n) is 1.74. The second-order valence-corrected chi connectivity index (χ2v) is 2.56. The Labute approximate surface area is 74.1 Å². The van der Waals surface area contributed by atoms with Crippen LogP contribution in [0.4, 0.5) is 0 Å². The Balaban J connectivity index is 2.46. The van der Waals surface area contributed by atoms with Gasteiger partial charge in [-0.25, -0.2) is 9.59 Å². The van der Waals surface area contributed by atoms with E-state index in [1.165, 1.54) is 24.3 Å². The Hall–Kier alpha value is -1.84. The molecule has 0 aliphatic carbocycles. The normalized spacial score (nSPS) is 15.4. The van der Waals surface area contributed by atoms with Crippen LogP contribution in [0.5, 0.6) is 0 Å². The van der Waals surface area contributed by atoms with Crippen molar-refractivity contribution in [3.8, 4) is 0 Å². The maximum Gasteiger partial charge on any atom is 0.340 e. The first-order valence-corrected chi connectivity index (χ1v) is 3.72. The molecule has 2 aliphatic rings. The van der Waals surface area contributed by atoms with E-state index >= 15 is 0 Å². The fourth-order valence-electron chi connectivity index (χ4n) is 1.05. The fraction of sp³-hybridized carbons (Fsp3) is 0.111. The third-order valence-corrected chi connectivity index (χ3v) is 1.74. The molecule has 4 heteroatoms. The quantitative estimate of drug-likeness (QED) is 0.555. The van der Waals surface area contributed by atoms with E-state index in [0.717, 1.165) is 0 Å². The average molecular weight is 178 g/mol. The molecule has 0 spiro atoms. The number of carbonyl (C=O) groups is 2. The van der Waals surface area contributed by atoms with Crippen LogP contribution in [0, 0.1) is 0 Å². The van der Waals surface area contributed by atoms with Gasteiger partial charge in [-0.1, -0.05) is 0 Å². The van der Waals surface area contributed by atoms with Crippen LogP contribution in [0.3, 0.4) is 0 Å². The van der Waals surface area contributed by atoms with E-state index in [0.29, 0.717) is 11.1 Å². The number of esters is 2. The number of benzene rings is 1. The Morgan fingerprint density at radius 2 is 1.23 bits per heavy atom. The van der Waals surface area contributed by atoms with Gasteiger partial charge in [0.25, 0.3) is 0 Å². The topological polar surface area (TPSA) is 52.6 Å². The predicted octanol–water partition coefficient (Wildman–Crippen LogP) is 0.971. The smallest absolute Gasteiger partial charge is 0.340 e. The summed E-state index contributed by atoms with van der Waals surface area (Å²) in [6.45, 7) is -0.325. The molecule has 1 aromatic carbocycles. The molecule has 0 aromatic heterocycles. The summed E-state index contributed by atoms with van der Waals surface area (Å²) >= 11 is 0. The summed E-state index contributed by atoms with van der Waals surface area (Å²) in [5, 5.41) is 0. The van der Waals surface area contributed by atoms with Gasteiger partial charge in [0, 0.05) is 0 Å². The van der Waals surface area contributed by atoms with Gasteiger partial charge in [0.05, 0.1) is 11.1 Å². The highest BCUT2D eigenvalue weighted by Crippen LogP contribution is 2.09. The molecule has 0 atom stereocenters. The van der Waals surface area contributed by atoms with Crippen LogP contribution in [0.1, 0.15) is 20.7 Å². The zero-order valence-corrected chi connectivity index (χ0v) is 6.65. The standard InChI is InChI=1S/C9H6O4/c10-8-6-1-2-7(4-3-6)9(11)13-5-12-8/h1-4H,5H2. The number of hydrogen-bond donors (Lipinski definition) is 0. The highest BCUT2D eigenvalue weighted by atomic mass is 16.7. The van der Waals surface area contributed by atoms with Crippen molar-refractivity contribution in [1.29, 1.82) is 0 Å². The van der Waals surface area contributed by atoms with E-state index in [1.807, 2.05) is 0 Å². The van der Waals surface area contributed by atoms with E-state index < -0.39 is 11.9 Å². The van der Waals surface area contributed by atoms with Gasteiger partial charge < -0.3 is 9.47 Å². The number of carbonyl (C=O) groups excluding carboxylic acids is 2. The van der Waals surface area contributed by atoms with Crippen molar-refractivity contribution in [2.45, 2.75) is 0 Å². The molecule has 0 unspecified atom stereocenters. The molecular weight excluding hydrogens is 172 g/mol. The first-order valence-electron chi connectivity index (χ1n) is 3.72. The minimum Gasteiger partial charge on any atom is -0.424 e. The molecule has 66 valence electrons. The molecule has 3 rings (SSSR count). The van der Waals surface area contributed by atoms with Crippen molar-refractivity contribution in [3.63, 3.8) is 0 Å². The van der Waals surface area contributed by atoms with Gasteiger partial charge in [-0.2, -0.15) is 0 Å². The summed E-state index contributed by atoms with van der Waals surface area (Å²) in [6, 6.07) is 6.13. The summed E-state index contributed by atoms with van der Waals surface area (Å²) in [7, 11) is 0. The van der Waals surface area contributed by atoms with E-state index in [-0.39, 0.29) is 6.79 Å². The summed E-state index contributed by atoms with van der Waals surface area (Å²) in [5.41, 5.74) is 0.837. The third kappa shape index (κ3) is 1.38. The lowest BCUT2D eigenvalue weighted by molar-refractivity contribution is -0.0161. The summed E-state index contributed by atoms with van der Waals surface area (Å²) in [4.78, 5) is 22.2. The van der Waals surface area contributed by atoms with Crippen LogP contribution in [0.2, 0.25) is 0 Å². The fourth-order valence-corrected chi connectivity index (χ4v) is 1.05. The van der Waals surface area contributed by atoms with Gasteiger partial charge in [0.15, 0.2) is 0 Å². The number of rotatable bonds is 0. The molecule has 0 radical (unpaired) electrons. The lowest BCUT2D eigenvalue weighted by atomic mass is 10.1. The molecule has 0 saturated carbocycles. The van der Waals surface area contributed by atoms with Crippen molar-refractivity contribution in [1.82, 2.24) is 0 Å². The minimum absolute atomic E-state index is 0.325. The van der Waals surface area contributed by atoms with Crippen molar-refractivity contribution >= 4 is 11.9 Å². The molecule has 1 aromatic rings. The summed E-state index contributed by atoms with van der Waals surface area (Å²) in [5.74, 6) is -0.970. The highest BCUT2D eigenvalue weighted by molar-refractivity contribution is 5.94. The van der Waals surface area contributed by atoms with E-state index in [4.69, 9.17) is 0 Å². The van der Waals surface area contributed by atoms with Crippen LogP contribution in [0.15, 0.2) is 24.3 Å². The van der Waals surface area contributed by atoms with Gasteiger partial charge in [-0.3, -0.25) is 0 Å². The molecule has 2 bridgehead atoms. The monoisotopic (exact) mass is 178 g/mol. The van der Waals surface area contributed by atoms with Gasteiger partial charge in [0.1, 0.15) is 0 Å². The SMILES string of the molecule is O=C1OCOC(=O)c2ccc1cc2. The van der Waals surface area contributed by atoms with Gasteiger partial charge in [-0.15, -0.1) is 0 Å². The highest BCUT2D eigenvalue weighted by Gasteiger charge is 2.14. The van der Waals surface area contributed by atoms with Gasteiger partial charge >= 0.3 is 11.9 Å². The molecule has 2 aliphatic heterocycles. The van der Waals surface area contributed by atoms with Crippen molar-refractivity contribution in [2.24, 2.45) is 0 Å². The lowest BCUT2D eigenvalue weighted by Crippen LogP contribution is -2.09. The van der Waals surface area contributed by atoms with Crippen molar-refractivity contribution < 1.29 is 19.1 Å². The Bertz CT molecular complexity index is 317. The molecule has 13 heavy (non-hydrogen) atoms. The van der Waals surface area contributed by atoms with E-state index in [2.05, 4.69) is 9.47 Å². The molecule has 4 nitrogen and oxygen atoms in total. The number of fused-ring (bicyclic) bond motifs is 6. The van der Waals surface area contributed by atoms with Gasteiger partial charge in [-0.05, 0) is 24.3 Å². The summed E-state index contributed by atoms with van der Waals surface area (Å²) in [6.07, 6.45) is 0. The van der Waals surface area contributed by atoms with Crippen LogP contribution in [0.25, 0.3) is 0 Å². The maximum absolute atomic E-state index is 11.1. The molecule has 0 saturated heterocycles. The Morgan fingerprint density at radius 3 is 1.62 bits per heavy atom. The molecule has 0 fully saturated rings. The Morgan fingerprint density at radius 1 is 0.846 bits per heavy atom. The van der Waals surface area contributed by atoms with E-state index in [1.54, 1.807) is 0 Å². The number of hydrogen-bond acceptors (Lipinski definition) is 4. The molecule has 2 heterocycles. The molecule has 0 amide bonds. The minimum atomic E-state index is -0.485. The molecular formula is C9H6O4. The van der Waals surface area contributed by atoms with Crippen LogP contribution >= 0.6 is 0 Å². The second-order valence-electron chi connectivity index (χ2n) is 2.56. The maximum atomic E-state index is 11.1. The van der Waals surface area contributed by atoms with Crippen molar-refractivity contribution in [3.05, 3.63) is 35.4 Å². The zero-order chi connectivity index (χ0) is 9.26. The summed E-state index contributed by atoms with van der Waals surface area (Å²) < 4.78 is 9.26. The predicted molar refractivity (Wildman–Crippen MR) is 42.1 cm³/mol. The first-order chi connectivity index (χ1) is 6.27. The average Bonchev–Trinajstić information content (AvgIpc) is 2.25. The van der Waals surface area contributed by atoms with Crippen LogP contribution in [-0.2, 0) is 9.47 Å². The van der Waals surface area contributed by atoms with Crippen molar-refractivity contribution in [2.75, 3.05) is 6.79 Å².